The minimum atomic E-state index is 0.185. The standard InChI is InChI=1S/C26H34N2O2/c1-20-4-3-14-27(20)15-11-21-5-7-22(8-6-21)24-10-9-23-12-16-28(19-25(23)18-24)26(29)13-17-30-2/h5-10,18,20H,3-4,11-17,19H2,1-2H3. The molecule has 4 rings (SSSR count). The van der Waals surface area contributed by atoms with Gasteiger partial charge < -0.3 is 14.5 Å². The zero-order chi connectivity index (χ0) is 20.9. The van der Waals surface area contributed by atoms with Gasteiger partial charge in [0.1, 0.15) is 0 Å². The Morgan fingerprint density at radius 2 is 1.87 bits per heavy atom. The summed E-state index contributed by atoms with van der Waals surface area (Å²) in [5.74, 6) is 0.185. The Labute approximate surface area is 180 Å². The van der Waals surface area contributed by atoms with E-state index in [4.69, 9.17) is 4.74 Å². The minimum Gasteiger partial charge on any atom is -0.384 e. The quantitative estimate of drug-likeness (QED) is 0.687. The molecule has 0 bridgehead atoms. The molecule has 1 unspecified atom stereocenters. The summed E-state index contributed by atoms with van der Waals surface area (Å²) in [6, 6.07) is 16.5. The maximum atomic E-state index is 12.4. The van der Waals surface area contributed by atoms with E-state index < -0.39 is 0 Å². The third-order valence-electron chi connectivity index (χ3n) is 6.76. The van der Waals surface area contributed by atoms with Gasteiger partial charge in [-0.25, -0.2) is 0 Å². The first kappa shape index (κ1) is 21.1. The van der Waals surface area contributed by atoms with E-state index in [2.05, 4.69) is 54.3 Å². The maximum absolute atomic E-state index is 12.4. The molecule has 2 heterocycles. The van der Waals surface area contributed by atoms with Crippen LogP contribution in [-0.4, -0.2) is 55.1 Å². The van der Waals surface area contributed by atoms with Gasteiger partial charge in [-0.15, -0.1) is 0 Å². The fourth-order valence-corrected chi connectivity index (χ4v) is 4.76. The molecular formula is C26H34N2O2. The summed E-state index contributed by atoms with van der Waals surface area (Å²) < 4.78 is 5.06. The smallest absolute Gasteiger partial charge is 0.225 e. The molecule has 4 nitrogen and oxygen atoms in total. The van der Waals surface area contributed by atoms with Gasteiger partial charge in [0.05, 0.1) is 13.0 Å². The minimum absolute atomic E-state index is 0.185. The van der Waals surface area contributed by atoms with Gasteiger partial charge in [-0.3, -0.25) is 4.79 Å². The first-order valence-corrected chi connectivity index (χ1v) is 11.4. The Bertz CT molecular complexity index is 862. The molecule has 2 aromatic carbocycles. The van der Waals surface area contributed by atoms with Crippen LogP contribution in [0, 0.1) is 0 Å². The van der Waals surface area contributed by atoms with Crippen LogP contribution in [0.2, 0.25) is 0 Å². The molecule has 0 radical (unpaired) electrons. The molecule has 1 fully saturated rings. The summed E-state index contributed by atoms with van der Waals surface area (Å²) in [4.78, 5) is 17.0. The number of nitrogens with zero attached hydrogens (tertiary/aromatic N) is 2. The topological polar surface area (TPSA) is 32.8 Å². The molecule has 2 aliphatic rings. The highest BCUT2D eigenvalue weighted by molar-refractivity contribution is 5.77. The number of hydrogen-bond donors (Lipinski definition) is 0. The second-order valence-corrected chi connectivity index (χ2v) is 8.77. The molecule has 0 saturated carbocycles. The zero-order valence-corrected chi connectivity index (χ0v) is 18.4. The van der Waals surface area contributed by atoms with Crippen LogP contribution in [0.4, 0.5) is 0 Å². The summed E-state index contributed by atoms with van der Waals surface area (Å²) >= 11 is 0. The van der Waals surface area contributed by atoms with Crippen molar-refractivity contribution >= 4 is 5.91 Å². The van der Waals surface area contributed by atoms with Crippen molar-refractivity contribution in [2.75, 3.05) is 33.4 Å². The van der Waals surface area contributed by atoms with Crippen LogP contribution in [0.3, 0.4) is 0 Å². The van der Waals surface area contributed by atoms with Gasteiger partial charge in [-0.1, -0.05) is 36.4 Å². The van der Waals surface area contributed by atoms with Crippen molar-refractivity contribution in [2.45, 2.75) is 51.6 Å². The normalized spacial score (nSPS) is 19.1. The summed E-state index contributed by atoms with van der Waals surface area (Å²) in [7, 11) is 1.64. The molecule has 4 heteroatoms. The van der Waals surface area contributed by atoms with E-state index >= 15 is 0 Å². The predicted octanol–water partition coefficient (Wildman–Crippen LogP) is 4.30. The SMILES string of the molecule is COCCC(=O)N1CCc2ccc(-c3ccc(CCN4CCCC4C)cc3)cc2C1. The number of amides is 1. The molecule has 160 valence electrons. The lowest BCUT2D eigenvalue weighted by Crippen LogP contribution is -2.36. The zero-order valence-electron chi connectivity index (χ0n) is 18.4. The number of fused-ring (bicyclic) bond motifs is 1. The van der Waals surface area contributed by atoms with Crippen LogP contribution in [0.1, 0.15) is 42.9 Å². The van der Waals surface area contributed by atoms with Gasteiger partial charge in [0.2, 0.25) is 5.91 Å². The van der Waals surface area contributed by atoms with Crippen molar-refractivity contribution in [1.29, 1.82) is 0 Å². The summed E-state index contributed by atoms with van der Waals surface area (Å²) in [6.45, 7) is 6.76. The largest absolute Gasteiger partial charge is 0.384 e. The molecule has 30 heavy (non-hydrogen) atoms. The first-order chi connectivity index (χ1) is 14.6. The number of hydrogen-bond acceptors (Lipinski definition) is 3. The van der Waals surface area contributed by atoms with Crippen molar-refractivity contribution in [1.82, 2.24) is 9.80 Å². The van der Waals surface area contributed by atoms with Crippen molar-refractivity contribution in [2.24, 2.45) is 0 Å². The third kappa shape index (κ3) is 4.93. The van der Waals surface area contributed by atoms with Gasteiger partial charge in [-0.2, -0.15) is 0 Å². The molecule has 1 atom stereocenters. The number of carbonyl (C=O) groups excluding carboxylic acids is 1. The number of methoxy groups -OCH3 is 1. The van der Waals surface area contributed by atoms with Gasteiger partial charge in [-0.05, 0) is 73.0 Å². The molecule has 0 spiro atoms. The van der Waals surface area contributed by atoms with Gasteiger partial charge in [0, 0.05) is 32.8 Å². The van der Waals surface area contributed by atoms with E-state index in [1.54, 1.807) is 7.11 Å². The average molecular weight is 407 g/mol. The fourth-order valence-electron chi connectivity index (χ4n) is 4.76. The average Bonchev–Trinajstić information content (AvgIpc) is 3.20. The fraction of sp³-hybridized carbons (Fsp3) is 0.500. The second-order valence-electron chi connectivity index (χ2n) is 8.77. The lowest BCUT2D eigenvalue weighted by molar-refractivity contribution is -0.133. The Morgan fingerprint density at radius 1 is 1.07 bits per heavy atom. The van der Waals surface area contributed by atoms with Crippen LogP contribution >= 0.6 is 0 Å². The van der Waals surface area contributed by atoms with Gasteiger partial charge >= 0.3 is 0 Å². The summed E-state index contributed by atoms with van der Waals surface area (Å²) in [6.07, 6.45) is 5.19. The highest BCUT2D eigenvalue weighted by Crippen LogP contribution is 2.27. The van der Waals surface area contributed by atoms with Crippen molar-refractivity contribution in [3.8, 4) is 11.1 Å². The Hall–Kier alpha value is -2.17. The number of likely N-dealkylation sites (tertiary alicyclic amines) is 1. The van der Waals surface area contributed by atoms with Gasteiger partial charge in [0.15, 0.2) is 0 Å². The molecule has 2 aromatic rings. The summed E-state index contributed by atoms with van der Waals surface area (Å²) in [5, 5.41) is 0. The molecular weight excluding hydrogens is 372 g/mol. The molecule has 2 aliphatic heterocycles. The van der Waals surface area contributed by atoms with E-state index in [9.17, 15) is 4.79 Å². The van der Waals surface area contributed by atoms with Crippen LogP contribution in [0.15, 0.2) is 42.5 Å². The van der Waals surface area contributed by atoms with Crippen molar-refractivity contribution in [3.63, 3.8) is 0 Å². The lowest BCUT2D eigenvalue weighted by atomic mass is 9.94. The third-order valence-corrected chi connectivity index (χ3v) is 6.76. The predicted molar refractivity (Wildman–Crippen MR) is 121 cm³/mol. The number of rotatable bonds is 7. The highest BCUT2D eigenvalue weighted by atomic mass is 16.5. The maximum Gasteiger partial charge on any atom is 0.225 e. The van der Waals surface area contributed by atoms with Crippen LogP contribution in [0.25, 0.3) is 11.1 Å². The molecule has 1 saturated heterocycles. The van der Waals surface area contributed by atoms with E-state index in [0.29, 0.717) is 19.6 Å². The van der Waals surface area contributed by atoms with Crippen LogP contribution < -0.4 is 0 Å². The number of benzene rings is 2. The van der Waals surface area contributed by atoms with Crippen molar-refractivity contribution in [3.05, 3.63) is 59.2 Å². The first-order valence-electron chi connectivity index (χ1n) is 11.4. The summed E-state index contributed by atoms with van der Waals surface area (Å²) in [5.41, 5.74) is 6.53. The van der Waals surface area contributed by atoms with Crippen LogP contribution in [-0.2, 0) is 28.9 Å². The molecule has 0 aromatic heterocycles. The lowest BCUT2D eigenvalue weighted by Gasteiger charge is -2.29. The molecule has 0 aliphatic carbocycles. The Kier molecular flexibility index (Phi) is 6.86. The number of ether oxygens (including phenoxy) is 1. The number of carbonyl (C=O) groups is 1. The van der Waals surface area contributed by atoms with Crippen molar-refractivity contribution < 1.29 is 9.53 Å². The van der Waals surface area contributed by atoms with E-state index in [0.717, 1.165) is 32.0 Å². The Morgan fingerprint density at radius 3 is 2.60 bits per heavy atom. The molecule has 0 N–H and O–H groups in total. The van der Waals surface area contributed by atoms with E-state index in [-0.39, 0.29) is 5.91 Å². The van der Waals surface area contributed by atoms with E-state index in [1.165, 1.54) is 47.2 Å². The monoisotopic (exact) mass is 406 g/mol. The van der Waals surface area contributed by atoms with E-state index in [1.807, 2.05) is 4.90 Å². The highest BCUT2D eigenvalue weighted by Gasteiger charge is 2.21. The Balaban J connectivity index is 1.40. The second kappa shape index (κ2) is 9.76. The van der Waals surface area contributed by atoms with Crippen LogP contribution in [0.5, 0.6) is 0 Å². The molecule has 1 amide bonds. The van der Waals surface area contributed by atoms with Gasteiger partial charge in [0.25, 0.3) is 0 Å².